The van der Waals surface area contributed by atoms with Gasteiger partial charge in [0, 0.05) is 23.7 Å². The van der Waals surface area contributed by atoms with Crippen LogP contribution in [0, 0.1) is 6.92 Å². The fourth-order valence-corrected chi connectivity index (χ4v) is 3.51. The Bertz CT molecular complexity index is 744. The number of rotatable bonds is 3. The number of thiazole rings is 1. The molecule has 0 atom stereocenters. The minimum absolute atomic E-state index is 0.0653. The van der Waals surface area contributed by atoms with Crippen molar-refractivity contribution in [3.63, 3.8) is 0 Å². The van der Waals surface area contributed by atoms with Crippen LogP contribution in [0.2, 0.25) is 5.02 Å². The molecule has 5 nitrogen and oxygen atoms in total. The van der Waals surface area contributed by atoms with Gasteiger partial charge in [-0.25, -0.2) is 4.98 Å². The van der Waals surface area contributed by atoms with E-state index >= 15 is 0 Å². The van der Waals surface area contributed by atoms with Crippen molar-refractivity contribution in [1.82, 2.24) is 4.98 Å². The van der Waals surface area contributed by atoms with Crippen LogP contribution in [0.15, 0.2) is 24.3 Å². The Kier molecular flexibility index (Phi) is 4.13. The summed E-state index contributed by atoms with van der Waals surface area (Å²) < 4.78 is 0. The molecule has 1 fully saturated rings. The highest BCUT2D eigenvalue weighted by atomic mass is 35.5. The molecule has 0 unspecified atom stereocenters. The van der Waals surface area contributed by atoms with E-state index in [0.29, 0.717) is 39.4 Å². The number of nitrogens with one attached hydrogen (secondary N) is 1. The Morgan fingerprint density at radius 3 is 2.95 bits per heavy atom. The number of halogens is 1. The number of hydrogen-bond acceptors (Lipinski definition) is 4. The third-order valence-electron chi connectivity index (χ3n) is 3.38. The lowest BCUT2D eigenvalue weighted by atomic mass is 10.3. The van der Waals surface area contributed by atoms with Crippen LogP contribution < -0.4 is 10.2 Å². The van der Waals surface area contributed by atoms with Gasteiger partial charge in [-0.2, -0.15) is 0 Å². The fourth-order valence-electron chi connectivity index (χ4n) is 2.31. The first-order valence-corrected chi connectivity index (χ1v) is 8.09. The second-order valence-electron chi connectivity index (χ2n) is 5.02. The lowest BCUT2D eigenvalue weighted by molar-refractivity contribution is -0.117. The minimum atomic E-state index is -0.241. The van der Waals surface area contributed by atoms with Gasteiger partial charge in [-0.05, 0) is 31.5 Å². The van der Waals surface area contributed by atoms with Crippen molar-refractivity contribution in [3.05, 3.63) is 39.9 Å². The van der Waals surface area contributed by atoms with Crippen LogP contribution in [0.4, 0.5) is 10.8 Å². The maximum atomic E-state index is 12.4. The molecule has 22 heavy (non-hydrogen) atoms. The first-order chi connectivity index (χ1) is 10.5. The molecule has 2 heterocycles. The molecule has 1 aromatic heterocycles. The number of hydrogen-bond donors (Lipinski definition) is 1. The third kappa shape index (κ3) is 2.98. The molecular formula is C15H14ClN3O2S. The summed E-state index contributed by atoms with van der Waals surface area (Å²) in [5, 5.41) is 3.95. The summed E-state index contributed by atoms with van der Waals surface area (Å²) in [6.45, 7) is 2.44. The van der Waals surface area contributed by atoms with Crippen LogP contribution in [0.3, 0.4) is 0 Å². The van der Waals surface area contributed by atoms with E-state index in [0.717, 1.165) is 6.42 Å². The minimum Gasteiger partial charge on any atom is -0.321 e. The molecular weight excluding hydrogens is 322 g/mol. The lowest BCUT2D eigenvalue weighted by Crippen LogP contribution is -2.23. The van der Waals surface area contributed by atoms with E-state index in [9.17, 15) is 9.59 Å². The number of aryl methyl sites for hydroxylation is 1. The van der Waals surface area contributed by atoms with E-state index in [1.54, 1.807) is 36.1 Å². The molecule has 1 aromatic carbocycles. The van der Waals surface area contributed by atoms with Crippen LogP contribution in [0.1, 0.15) is 28.2 Å². The Morgan fingerprint density at radius 1 is 1.45 bits per heavy atom. The Balaban J connectivity index is 1.81. The first kappa shape index (κ1) is 15.0. The number of carbonyl (C=O) groups excluding carboxylic acids is 2. The Labute approximate surface area is 136 Å². The topological polar surface area (TPSA) is 62.3 Å². The molecule has 2 aromatic rings. The lowest BCUT2D eigenvalue weighted by Gasteiger charge is -2.10. The maximum absolute atomic E-state index is 12.4. The summed E-state index contributed by atoms with van der Waals surface area (Å²) in [4.78, 5) is 30.7. The molecule has 0 saturated carbocycles. The van der Waals surface area contributed by atoms with Gasteiger partial charge in [0.25, 0.3) is 5.91 Å². The van der Waals surface area contributed by atoms with Gasteiger partial charge < -0.3 is 5.32 Å². The molecule has 0 bridgehead atoms. The van der Waals surface area contributed by atoms with Gasteiger partial charge >= 0.3 is 0 Å². The van der Waals surface area contributed by atoms with E-state index in [4.69, 9.17) is 11.6 Å². The zero-order chi connectivity index (χ0) is 15.7. The molecule has 3 rings (SSSR count). The van der Waals surface area contributed by atoms with Crippen molar-refractivity contribution in [2.75, 3.05) is 16.8 Å². The van der Waals surface area contributed by atoms with Gasteiger partial charge in [-0.1, -0.05) is 29.0 Å². The zero-order valence-electron chi connectivity index (χ0n) is 11.9. The van der Waals surface area contributed by atoms with Crippen LogP contribution in [-0.4, -0.2) is 23.3 Å². The van der Waals surface area contributed by atoms with Crippen molar-refractivity contribution >= 4 is 45.6 Å². The van der Waals surface area contributed by atoms with Crippen LogP contribution in [-0.2, 0) is 4.79 Å². The van der Waals surface area contributed by atoms with E-state index < -0.39 is 0 Å². The molecule has 0 spiro atoms. The van der Waals surface area contributed by atoms with Gasteiger partial charge in [0.05, 0.1) is 5.69 Å². The van der Waals surface area contributed by atoms with E-state index in [1.165, 1.54) is 11.3 Å². The largest absolute Gasteiger partial charge is 0.321 e. The average molecular weight is 336 g/mol. The second kappa shape index (κ2) is 6.06. The summed E-state index contributed by atoms with van der Waals surface area (Å²) in [5.41, 5.74) is 1.25. The Morgan fingerprint density at radius 2 is 2.27 bits per heavy atom. The second-order valence-corrected chi connectivity index (χ2v) is 6.44. The van der Waals surface area contributed by atoms with Gasteiger partial charge in [0.15, 0.2) is 5.13 Å². The van der Waals surface area contributed by atoms with Gasteiger partial charge in [-0.3, -0.25) is 14.5 Å². The van der Waals surface area contributed by atoms with Crippen molar-refractivity contribution < 1.29 is 9.59 Å². The number of benzene rings is 1. The number of amides is 2. The summed E-state index contributed by atoms with van der Waals surface area (Å²) in [7, 11) is 0. The number of nitrogens with zero attached hydrogens (tertiary/aromatic N) is 2. The molecule has 7 heteroatoms. The van der Waals surface area contributed by atoms with Gasteiger partial charge in [0.1, 0.15) is 4.88 Å². The van der Waals surface area contributed by atoms with E-state index in [1.807, 2.05) is 0 Å². The molecule has 2 amide bonds. The number of carbonyl (C=O) groups is 2. The maximum Gasteiger partial charge on any atom is 0.267 e. The summed E-state index contributed by atoms with van der Waals surface area (Å²) >= 11 is 7.15. The van der Waals surface area contributed by atoms with Crippen LogP contribution in [0.25, 0.3) is 0 Å². The standard InChI is InChI=1S/C15H14ClN3O2S/c1-9-13(14(21)18-11-5-2-4-10(16)8-11)22-15(17-9)19-7-3-6-12(19)20/h2,4-5,8H,3,6-7H2,1H3,(H,18,21). The average Bonchev–Trinajstić information content (AvgIpc) is 3.04. The molecule has 1 aliphatic heterocycles. The van der Waals surface area contributed by atoms with Crippen LogP contribution in [0.5, 0.6) is 0 Å². The molecule has 0 radical (unpaired) electrons. The Hall–Kier alpha value is -1.92. The molecule has 0 aliphatic carbocycles. The summed E-state index contributed by atoms with van der Waals surface area (Å²) in [6, 6.07) is 6.96. The summed E-state index contributed by atoms with van der Waals surface area (Å²) in [5.74, 6) is -0.175. The molecule has 114 valence electrons. The van der Waals surface area contributed by atoms with Gasteiger partial charge in [-0.15, -0.1) is 0 Å². The monoisotopic (exact) mass is 335 g/mol. The normalized spacial score (nSPS) is 14.5. The predicted octanol–water partition coefficient (Wildman–Crippen LogP) is 3.48. The van der Waals surface area contributed by atoms with Crippen molar-refractivity contribution in [2.45, 2.75) is 19.8 Å². The van der Waals surface area contributed by atoms with E-state index in [2.05, 4.69) is 10.3 Å². The highest BCUT2D eigenvalue weighted by molar-refractivity contribution is 7.18. The van der Waals surface area contributed by atoms with Crippen molar-refractivity contribution in [2.24, 2.45) is 0 Å². The predicted molar refractivity (Wildman–Crippen MR) is 87.8 cm³/mol. The molecule has 1 saturated heterocycles. The summed E-state index contributed by atoms with van der Waals surface area (Å²) in [6.07, 6.45) is 1.38. The van der Waals surface area contributed by atoms with E-state index in [-0.39, 0.29) is 11.8 Å². The third-order valence-corrected chi connectivity index (χ3v) is 4.79. The highest BCUT2D eigenvalue weighted by Crippen LogP contribution is 2.30. The van der Waals surface area contributed by atoms with Crippen LogP contribution >= 0.6 is 22.9 Å². The number of aromatic nitrogens is 1. The highest BCUT2D eigenvalue weighted by Gasteiger charge is 2.26. The first-order valence-electron chi connectivity index (χ1n) is 6.89. The molecule has 1 aliphatic rings. The van der Waals surface area contributed by atoms with Crippen molar-refractivity contribution in [3.8, 4) is 0 Å². The molecule has 1 N–H and O–H groups in total. The SMILES string of the molecule is Cc1nc(N2CCCC2=O)sc1C(=O)Nc1cccc(Cl)c1. The van der Waals surface area contributed by atoms with Crippen molar-refractivity contribution in [1.29, 1.82) is 0 Å². The zero-order valence-corrected chi connectivity index (χ0v) is 13.5. The quantitative estimate of drug-likeness (QED) is 0.934. The van der Waals surface area contributed by atoms with Gasteiger partial charge in [0.2, 0.25) is 5.91 Å². The number of anilines is 2. The fraction of sp³-hybridized carbons (Fsp3) is 0.267. The smallest absolute Gasteiger partial charge is 0.267 e.